The molecule has 0 fully saturated rings. The molecule has 0 saturated carbocycles. The van der Waals surface area contributed by atoms with E-state index in [2.05, 4.69) is 25.8 Å². The number of aliphatic imine (C=N–C) groups is 1. The Balaban J connectivity index is 0.00000450. The number of guanidine groups is 1. The second-order valence-corrected chi connectivity index (χ2v) is 6.36. The molecule has 30 heavy (non-hydrogen) atoms. The van der Waals surface area contributed by atoms with Crippen molar-refractivity contribution in [3.8, 4) is 5.88 Å². The van der Waals surface area contributed by atoms with Crippen LogP contribution in [0.1, 0.15) is 36.4 Å². The van der Waals surface area contributed by atoms with Crippen LogP contribution in [0.15, 0.2) is 21.8 Å². The highest BCUT2D eigenvalue weighted by molar-refractivity contribution is 14.0. The summed E-state index contributed by atoms with van der Waals surface area (Å²) in [4.78, 5) is 7.74. The van der Waals surface area contributed by atoms with Gasteiger partial charge in [-0.2, -0.15) is 13.2 Å². The normalized spacial score (nSPS) is 11.8. The fourth-order valence-electron chi connectivity index (χ4n) is 2.53. The maximum absolute atomic E-state index is 12.6. The fourth-order valence-corrected chi connectivity index (χ4v) is 2.76. The Bertz CT molecular complexity index is 824. The summed E-state index contributed by atoms with van der Waals surface area (Å²) < 4.78 is 48.5. The molecule has 0 aliphatic rings. The summed E-state index contributed by atoms with van der Waals surface area (Å²) in [7, 11) is 1.62. The molecule has 7 nitrogen and oxygen atoms in total. The van der Waals surface area contributed by atoms with Gasteiger partial charge in [0, 0.05) is 31.8 Å². The zero-order valence-electron chi connectivity index (χ0n) is 16.8. The number of halogens is 5. The highest BCUT2D eigenvalue weighted by Crippen LogP contribution is 2.32. The molecule has 0 amide bonds. The number of pyridine rings is 1. The minimum Gasteiger partial charge on any atom is -0.475 e. The van der Waals surface area contributed by atoms with Gasteiger partial charge in [0.05, 0.1) is 17.8 Å². The van der Waals surface area contributed by atoms with Crippen molar-refractivity contribution in [3.05, 3.63) is 39.9 Å². The summed E-state index contributed by atoms with van der Waals surface area (Å²) in [6.07, 6.45) is -2.31. The lowest BCUT2D eigenvalue weighted by Gasteiger charge is -2.13. The minimum absolute atomic E-state index is 0. The van der Waals surface area contributed by atoms with Crippen molar-refractivity contribution in [2.24, 2.45) is 4.99 Å². The quantitative estimate of drug-likeness (QED) is 0.217. The van der Waals surface area contributed by atoms with Gasteiger partial charge in [-0.1, -0.05) is 30.6 Å². The Morgan fingerprint density at radius 2 is 2.00 bits per heavy atom. The van der Waals surface area contributed by atoms with Gasteiger partial charge in [0.25, 0.3) is 0 Å². The molecule has 168 valence electrons. The molecule has 2 N–H and O–H groups in total. The van der Waals surface area contributed by atoms with E-state index in [4.69, 9.17) is 20.9 Å². The van der Waals surface area contributed by atoms with Gasteiger partial charge >= 0.3 is 6.18 Å². The van der Waals surface area contributed by atoms with Crippen LogP contribution >= 0.6 is 35.6 Å². The number of hydrogen-bond acceptors (Lipinski definition) is 5. The van der Waals surface area contributed by atoms with Crippen molar-refractivity contribution < 1.29 is 22.4 Å². The third kappa shape index (κ3) is 7.18. The van der Waals surface area contributed by atoms with Crippen LogP contribution in [0.2, 0.25) is 5.02 Å². The van der Waals surface area contributed by atoms with E-state index in [1.54, 1.807) is 7.05 Å². The van der Waals surface area contributed by atoms with Crippen LogP contribution in [0, 0.1) is 0 Å². The summed E-state index contributed by atoms with van der Waals surface area (Å²) >= 11 is 5.81. The van der Waals surface area contributed by atoms with Crippen LogP contribution in [0.3, 0.4) is 0 Å². The van der Waals surface area contributed by atoms with E-state index < -0.39 is 11.7 Å². The third-order valence-electron chi connectivity index (χ3n) is 4.03. The summed E-state index contributed by atoms with van der Waals surface area (Å²) in [6, 6.07) is 0.785. The van der Waals surface area contributed by atoms with Gasteiger partial charge in [0.15, 0.2) is 5.96 Å². The van der Waals surface area contributed by atoms with Gasteiger partial charge in [-0.15, -0.1) is 24.0 Å². The van der Waals surface area contributed by atoms with Crippen LogP contribution in [0.25, 0.3) is 0 Å². The summed E-state index contributed by atoms with van der Waals surface area (Å²) in [5, 5.41) is 10.1. The molecule has 0 spiro atoms. The van der Waals surface area contributed by atoms with Gasteiger partial charge in [0.2, 0.25) is 5.88 Å². The predicted octanol–water partition coefficient (Wildman–Crippen LogP) is 4.23. The lowest BCUT2D eigenvalue weighted by atomic mass is 10.1. The lowest BCUT2D eigenvalue weighted by molar-refractivity contribution is -0.137. The molecule has 2 aromatic rings. The van der Waals surface area contributed by atoms with Crippen molar-refractivity contribution in [3.63, 3.8) is 0 Å². The van der Waals surface area contributed by atoms with Crippen LogP contribution in [0.5, 0.6) is 5.88 Å². The van der Waals surface area contributed by atoms with Crippen LogP contribution < -0.4 is 15.4 Å². The maximum atomic E-state index is 12.6. The molecule has 2 heterocycles. The summed E-state index contributed by atoms with van der Waals surface area (Å²) in [5.74, 6) is 1.30. The number of hydrogen-bond donors (Lipinski definition) is 2. The smallest absolute Gasteiger partial charge is 0.417 e. The highest BCUT2D eigenvalue weighted by Gasteiger charge is 2.31. The molecule has 0 saturated heterocycles. The van der Waals surface area contributed by atoms with Crippen LogP contribution in [0.4, 0.5) is 13.2 Å². The second kappa shape index (κ2) is 12.2. The molecule has 12 heteroatoms. The minimum atomic E-state index is -4.51. The number of nitrogens with zero attached hydrogens (tertiary/aromatic N) is 3. The van der Waals surface area contributed by atoms with Crippen molar-refractivity contribution >= 4 is 41.5 Å². The molecule has 0 aliphatic carbocycles. The first-order chi connectivity index (χ1) is 13.8. The zero-order chi connectivity index (χ0) is 21.4. The highest BCUT2D eigenvalue weighted by atomic mass is 127. The van der Waals surface area contributed by atoms with Crippen molar-refractivity contribution in [2.45, 2.75) is 39.4 Å². The van der Waals surface area contributed by atoms with Crippen molar-refractivity contribution in [1.82, 2.24) is 20.8 Å². The molecule has 0 radical (unpaired) electrons. The average molecular weight is 562 g/mol. The molecule has 2 aromatic heterocycles. The number of aryl methyl sites for hydroxylation is 2. The number of alkyl halides is 3. The maximum Gasteiger partial charge on any atom is 0.417 e. The van der Waals surface area contributed by atoms with Gasteiger partial charge in [-0.05, 0) is 12.5 Å². The van der Waals surface area contributed by atoms with Gasteiger partial charge in [-0.25, -0.2) is 4.98 Å². The molecule has 0 aliphatic heterocycles. The Morgan fingerprint density at radius 1 is 1.27 bits per heavy atom. The first-order valence-electron chi connectivity index (χ1n) is 9.06. The Hall–Kier alpha value is -1.76. The van der Waals surface area contributed by atoms with Crippen molar-refractivity contribution in [2.75, 3.05) is 20.2 Å². The van der Waals surface area contributed by atoms with Crippen molar-refractivity contribution in [1.29, 1.82) is 0 Å². The predicted molar refractivity (Wildman–Crippen MR) is 119 cm³/mol. The van der Waals surface area contributed by atoms with Crippen LogP contribution in [-0.4, -0.2) is 36.3 Å². The van der Waals surface area contributed by atoms with E-state index in [0.717, 1.165) is 35.9 Å². The first kappa shape index (κ1) is 26.3. The molecule has 0 atom stereocenters. The molecular weight excluding hydrogens is 538 g/mol. The van der Waals surface area contributed by atoms with Gasteiger partial charge in [0.1, 0.15) is 17.4 Å². The average Bonchev–Trinajstić information content (AvgIpc) is 3.09. The molecular formula is C18H24ClF3IN5O2. The van der Waals surface area contributed by atoms with E-state index in [-0.39, 0.29) is 41.5 Å². The topological polar surface area (TPSA) is 84.6 Å². The summed E-state index contributed by atoms with van der Waals surface area (Å²) in [6.45, 7) is 4.97. The Kier molecular flexibility index (Phi) is 10.7. The van der Waals surface area contributed by atoms with Crippen LogP contribution in [-0.2, 0) is 25.6 Å². The standard InChI is InChI=1S/C18H23ClF3N5O2.HI/c1-4-14-12(15(5-2)29-27-14)10-26-17(23-3)24-6-7-28-16-13(19)8-11(9-25-16)18(20,21)22;/h8-9H,4-7,10H2,1-3H3,(H2,23,24,26);1H. The largest absolute Gasteiger partial charge is 0.475 e. The van der Waals surface area contributed by atoms with E-state index in [0.29, 0.717) is 25.2 Å². The lowest BCUT2D eigenvalue weighted by Crippen LogP contribution is -2.39. The van der Waals surface area contributed by atoms with Gasteiger partial charge in [-0.3, -0.25) is 4.99 Å². The van der Waals surface area contributed by atoms with E-state index in [9.17, 15) is 13.2 Å². The molecule has 0 unspecified atom stereocenters. The first-order valence-corrected chi connectivity index (χ1v) is 9.44. The Morgan fingerprint density at radius 3 is 2.57 bits per heavy atom. The SMILES string of the molecule is CCc1noc(CC)c1CNC(=NC)NCCOc1ncc(C(F)(F)F)cc1Cl.I. The molecule has 0 bridgehead atoms. The third-order valence-corrected chi connectivity index (χ3v) is 4.30. The second-order valence-electron chi connectivity index (χ2n) is 5.95. The van der Waals surface area contributed by atoms with Gasteiger partial charge < -0.3 is 19.9 Å². The van der Waals surface area contributed by atoms with E-state index in [1.165, 1.54) is 0 Å². The Labute approximate surface area is 194 Å². The summed E-state index contributed by atoms with van der Waals surface area (Å²) in [5.41, 5.74) is 0.982. The van der Waals surface area contributed by atoms with E-state index >= 15 is 0 Å². The number of nitrogens with one attached hydrogen (secondary N) is 2. The zero-order valence-corrected chi connectivity index (χ0v) is 19.9. The fraction of sp³-hybridized carbons (Fsp3) is 0.500. The van der Waals surface area contributed by atoms with E-state index in [1.807, 2.05) is 13.8 Å². The number of aromatic nitrogens is 2. The number of ether oxygens (including phenoxy) is 1. The monoisotopic (exact) mass is 561 g/mol. The molecule has 0 aromatic carbocycles. The number of rotatable bonds is 8. The molecule has 2 rings (SSSR count).